The molecule has 2 aliphatic carbocycles. The molecule has 1 aromatic carbocycles. The van der Waals surface area contributed by atoms with Gasteiger partial charge in [0.05, 0.1) is 17.5 Å². The molecule has 2 saturated carbocycles. The lowest BCUT2D eigenvalue weighted by atomic mass is 9.94. The molecule has 2 aromatic rings. The van der Waals surface area contributed by atoms with Gasteiger partial charge in [0.2, 0.25) is 0 Å². The topological polar surface area (TPSA) is 59.4 Å². The first-order valence-electron chi connectivity index (χ1n) is 8.52. The van der Waals surface area contributed by atoms with Gasteiger partial charge >= 0.3 is 5.97 Å². The van der Waals surface area contributed by atoms with Crippen molar-refractivity contribution in [3.63, 3.8) is 0 Å². The van der Waals surface area contributed by atoms with Crippen molar-refractivity contribution in [1.29, 1.82) is 0 Å². The highest BCUT2D eigenvalue weighted by Gasteiger charge is 2.60. The first-order chi connectivity index (χ1) is 11.6. The van der Waals surface area contributed by atoms with Crippen LogP contribution in [0.25, 0.3) is 10.9 Å². The van der Waals surface area contributed by atoms with Gasteiger partial charge in [0, 0.05) is 11.6 Å². The third kappa shape index (κ3) is 2.52. The third-order valence-electron chi connectivity index (χ3n) is 5.65. The molecule has 0 radical (unpaired) electrons. The van der Waals surface area contributed by atoms with Crippen molar-refractivity contribution in [2.24, 2.45) is 23.7 Å². The highest BCUT2D eigenvalue weighted by atomic mass is 19.1. The van der Waals surface area contributed by atoms with E-state index in [0.29, 0.717) is 40.8 Å². The van der Waals surface area contributed by atoms with Crippen LogP contribution in [0.4, 0.5) is 4.39 Å². The van der Waals surface area contributed by atoms with Gasteiger partial charge in [-0.3, -0.25) is 9.78 Å². The lowest BCUT2D eigenvalue weighted by Crippen LogP contribution is -2.22. The van der Waals surface area contributed by atoms with Gasteiger partial charge in [-0.05, 0) is 61.3 Å². The molecule has 1 aromatic heterocycles. The first-order valence-corrected chi connectivity index (χ1v) is 8.52. The van der Waals surface area contributed by atoms with E-state index < -0.39 is 5.97 Å². The van der Waals surface area contributed by atoms with Crippen LogP contribution in [-0.4, -0.2) is 22.2 Å². The summed E-state index contributed by atoms with van der Waals surface area (Å²) in [7, 11) is 0. The van der Waals surface area contributed by atoms with Crippen LogP contribution in [0.3, 0.4) is 0 Å². The summed E-state index contributed by atoms with van der Waals surface area (Å²) in [4.78, 5) is 15.6. The van der Waals surface area contributed by atoms with Crippen LogP contribution < -0.4 is 4.74 Å². The second kappa shape index (κ2) is 5.72. The van der Waals surface area contributed by atoms with Crippen molar-refractivity contribution in [2.75, 3.05) is 0 Å². The van der Waals surface area contributed by atoms with Gasteiger partial charge in [0.1, 0.15) is 11.6 Å². The number of benzene rings is 1. The molecule has 5 heteroatoms. The third-order valence-corrected chi connectivity index (χ3v) is 5.65. The lowest BCUT2D eigenvalue weighted by molar-refractivity contribution is -0.143. The highest BCUT2D eigenvalue weighted by molar-refractivity contribution is 5.84. The molecular formula is C19H20FNO3. The van der Waals surface area contributed by atoms with Crippen LogP contribution in [-0.2, 0) is 4.79 Å². The van der Waals surface area contributed by atoms with Gasteiger partial charge in [-0.1, -0.05) is 6.92 Å². The van der Waals surface area contributed by atoms with E-state index in [0.717, 1.165) is 12.8 Å². The van der Waals surface area contributed by atoms with Crippen molar-refractivity contribution in [3.8, 4) is 5.75 Å². The van der Waals surface area contributed by atoms with E-state index in [1.165, 1.54) is 12.1 Å². The summed E-state index contributed by atoms with van der Waals surface area (Å²) >= 11 is 0. The zero-order chi connectivity index (χ0) is 16.8. The molecular weight excluding hydrogens is 309 g/mol. The minimum absolute atomic E-state index is 0.0800. The molecule has 126 valence electrons. The minimum atomic E-state index is -0.676. The molecule has 24 heavy (non-hydrogen) atoms. The van der Waals surface area contributed by atoms with E-state index in [4.69, 9.17) is 4.74 Å². The Morgan fingerprint density at radius 3 is 2.79 bits per heavy atom. The van der Waals surface area contributed by atoms with Crippen LogP contribution in [0.2, 0.25) is 0 Å². The molecule has 0 amide bonds. The number of aliphatic carboxylic acids is 1. The van der Waals surface area contributed by atoms with E-state index in [1.807, 2.05) is 6.92 Å². The second-order valence-corrected chi connectivity index (χ2v) is 6.94. The fourth-order valence-electron chi connectivity index (χ4n) is 4.52. The molecule has 0 bridgehead atoms. The smallest absolute Gasteiger partial charge is 0.306 e. The summed E-state index contributed by atoms with van der Waals surface area (Å²) in [5, 5.41) is 10.00. The molecule has 4 rings (SSSR count). The maximum atomic E-state index is 13.5. The second-order valence-electron chi connectivity index (χ2n) is 6.94. The number of fused-ring (bicyclic) bond motifs is 2. The number of hydrogen-bond acceptors (Lipinski definition) is 3. The number of ether oxygens (including phenoxy) is 1. The number of hydrogen-bond donors (Lipinski definition) is 1. The van der Waals surface area contributed by atoms with Gasteiger partial charge < -0.3 is 9.84 Å². The zero-order valence-corrected chi connectivity index (χ0v) is 13.5. The maximum Gasteiger partial charge on any atom is 0.306 e. The Balaban J connectivity index is 1.46. The quantitative estimate of drug-likeness (QED) is 0.904. The van der Waals surface area contributed by atoms with E-state index in [2.05, 4.69) is 4.98 Å². The van der Waals surface area contributed by atoms with Crippen LogP contribution in [0, 0.1) is 29.5 Å². The average Bonchev–Trinajstić information content (AvgIpc) is 3.02. The molecule has 0 saturated heterocycles. The first kappa shape index (κ1) is 15.4. The molecule has 4 nitrogen and oxygen atoms in total. The molecule has 0 aliphatic heterocycles. The predicted octanol–water partition coefficient (Wildman–Crippen LogP) is 3.89. The van der Waals surface area contributed by atoms with Crippen molar-refractivity contribution >= 4 is 16.9 Å². The minimum Gasteiger partial charge on any atom is -0.490 e. The summed E-state index contributed by atoms with van der Waals surface area (Å²) in [6, 6.07) is 6.27. The Bertz CT molecular complexity index is 781. The Kier molecular flexibility index (Phi) is 3.66. The summed E-state index contributed by atoms with van der Waals surface area (Å²) in [5.74, 6) is 0.678. The summed E-state index contributed by atoms with van der Waals surface area (Å²) in [6.07, 6.45) is 4.21. The molecule has 1 unspecified atom stereocenters. The maximum absolute atomic E-state index is 13.5. The summed E-state index contributed by atoms with van der Waals surface area (Å²) < 4.78 is 19.6. The normalized spacial score (nSPS) is 29.2. The van der Waals surface area contributed by atoms with Gasteiger partial charge in [0.15, 0.2) is 0 Å². The van der Waals surface area contributed by atoms with Crippen molar-refractivity contribution in [3.05, 3.63) is 36.3 Å². The number of halogens is 1. The fourth-order valence-corrected chi connectivity index (χ4v) is 4.52. The predicted molar refractivity (Wildman–Crippen MR) is 87.2 cm³/mol. The standard InChI is InChI=1S/C19H20FNO3/c1-2-12(19(22)23)18-13-8-11(9-14(13)18)24-17-5-6-21-16-4-3-10(20)7-15(16)17/h3-7,11-14,18H,2,8-9H2,1H3,(H,22,23)/t11-,12?,13-,14+,18+. The monoisotopic (exact) mass is 329 g/mol. The summed E-state index contributed by atoms with van der Waals surface area (Å²) in [5.41, 5.74) is 0.715. The SMILES string of the molecule is CCC(C(=O)O)[C@H]1[C@@H]2C[C@@H](Oc3ccnc4ccc(F)cc34)C[C@@H]21. The Morgan fingerprint density at radius 2 is 2.12 bits per heavy atom. The molecule has 2 aliphatic rings. The van der Waals surface area contributed by atoms with Crippen molar-refractivity contribution in [1.82, 2.24) is 4.98 Å². The highest BCUT2D eigenvalue weighted by Crippen LogP contribution is 2.61. The van der Waals surface area contributed by atoms with E-state index >= 15 is 0 Å². The molecule has 1 heterocycles. The van der Waals surface area contributed by atoms with Gasteiger partial charge in [-0.25, -0.2) is 4.39 Å². The van der Waals surface area contributed by atoms with Crippen LogP contribution >= 0.6 is 0 Å². The number of carbonyl (C=O) groups is 1. The number of carboxylic acid groups (broad SMARTS) is 1. The molecule has 5 atom stereocenters. The number of aromatic nitrogens is 1. The van der Waals surface area contributed by atoms with Gasteiger partial charge in [-0.15, -0.1) is 0 Å². The Morgan fingerprint density at radius 1 is 1.38 bits per heavy atom. The number of pyridine rings is 1. The average molecular weight is 329 g/mol. The van der Waals surface area contributed by atoms with Gasteiger partial charge in [0.25, 0.3) is 0 Å². The fraction of sp³-hybridized carbons (Fsp3) is 0.474. The van der Waals surface area contributed by atoms with Gasteiger partial charge in [-0.2, -0.15) is 0 Å². The number of nitrogens with zero attached hydrogens (tertiary/aromatic N) is 1. The molecule has 0 spiro atoms. The van der Waals surface area contributed by atoms with E-state index in [-0.39, 0.29) is 17.8 Å². The number of carboxylic acids is 1. The lowest BCUT2D eigenvalue weighted by Gasteiger charge is -2.20. The Labute approximate surface area is 139 Å². The van der Waals surface area contributed by atoms with Crippen LogP contribution in [0.1, 0.15) is 26.2 Å². The van der Waals surface area contributed by atoms with Crippen molar-refractivity contribution < 1.29 is 19.0 Å². The molecule has 2 fully saturated rings. The van der Waals surface area contributed by atoms with E-state index in [1.54, 1.807) is 18.3 Å². The number of rotatable bonds is 5. The summed E-state index contributed by atoms with van der Waals surface area (Å²) in [6.45, 7) is 1.94. The van der Waals surface area contributed by atoms with Crippen molar-refractivity contribution in [2.45, 2.75) is 32.3 Å². The van der Waals surface area contributed by atoms with E-state index in [9.17, 15) is 14.3 Å². The zero-order valence-electron chi connectivity index (χ0n) is 13.5. The Hall–Kier alpha value is -2.17. The largest absolute Gasteiger partial charge is 0.490 e. The molecule has 1 N–H and O–H groups in total. The van der Waals surface area contributed by atoms with Crippen LogP contribution in [0.5, 0.6) is 5.75 Å². The van der Waals surface area contributed by atoms with Crippen LogP contribution in [0.15, 0.2) is 30.5 Å².